The minimum atomic E-state index is 0.0302. The van der Waals surface area contributed by atoms with Crippen LogP contribution in [0.5, 0.6) is 17.2 Å². The zero-order chi connectivity index (χ0) is 14.2. The molecule has 0 aliphatic rings. The second-order valence-corrected chi connectivity index (χ2v) is 4.95. The van der Waals surface area contributed by atoms with E-state index in [4.69, 9.17) is 0 Å². The first-order valence-corrected chi connectivity index (χ1v) is 6.19. The normalized spacial score (nSPS) is 10.7. The molecule has 0 radical (unpaired) electrons. The van der Waals surface area contributed by atoms with Gasteiger partial charge in [0.2, 0.25) is 0 Å². The highest BCUT2D eigenvalue weighted by Crippen LogP contribution is 2.33. The summed E-state index contributed by atoms with van der Waals surface area (Å²) >= 11 is 0. The van der Waals surface area contributed by atoms with Crippen molar-refractivity contribution in [3.63, 3.8) is 0 Å². The number of phenolic OH excluding ortho intramolecular Hbond substituents is 3. The molecular formula is C16H18O3. The maximum absolute atomic E-state index is 10.2. The van der Waals surface area contributed by atoms with Gasteiger partial charge < -0.3 is 15.3 Å². The van der Waals surface area contributed by atoms with Gasteiger partial charge in [-0.3, -0.25) is 0 Å². The van der Waals surface area contributed by atoms with Crippen LogP contribution in [0.15, 0.2) is 24.3 Å². The summed E-state index contributed by atoms with van der Waals surface area (Å²) in [6.45, 7) is 5.82. The maximum atomic E-state index is 10.2. The Bertz CT molecular complexity index is 604. The number of aryl methyl sites for hydroxylation is 2. The average Bonchev–Trinajstić information content (AvgIpc) is 2.34. The van der Waals surface area contributed by atoms with Crippen molar-refractivity contribution in [1.29, 1.82) is 0 Å². The Morgan fingerprint density at radius 3 is 2.21 bits per heavy atom. The molecule has 3 nitrogen and oxygen atoms in total. The van der Waals surface area contributed by atoms with Gasteiger partial charge in [-0.15, -0.1) is 0 Å². The molecular weight excluding hydrogens is 240 g/mol. The molecule has 0 spiro atoms. The summed E-state index contributed by atoms with van der Waals surface area (Å²) in [4.78, 5) is 0. The molecule has 0 bridgehead atoms. The average molecular weight is 258 g/mol. The van der Waals surface area contributed by atoms with Crippen molar-refractivity contribution in [1.82, 2.24) is 0 Å². The first kappa shape index (κ1) is 13.3. The quantitative estimate of drug-likeness (QED) is 0.774. The fourth-order valence-corrected chi connectivity index (χ4v) is 2.26. The third-order valence-electron chi connectivity index (χ3n) is 3.57. The first-order chi connectivity index (χ1) is 8.90. The van der Waals surface area contributed by atoms with Gasteiger partial charge in [0.15, 0.2) is 0 Å². The van der Waals surface area contributed by atoms with E-state index in [1.54, 1.807) is 6.07 Å². The zero-order valence-electron chi connectivity index (χ0n) is 11.4. The molecule has 2 rings (SSSR count). The van der Waals surface area contributed by atoms with Crippen LogP contribution in [-0.2, 0) is 6.42 Å². The Morgan fingerprint density at radius 2 is 1.58 bits per heavy atom. The minimum absolute atomic E-state index is 0.0302. The van der Waals surface area contributed by atoms with Gasteiger partial charge in [0.25, 0.3) is 0 Å². The molecule has 0 unspecified atom stereocenters. The summed E-state index contributed by atoms with van der Waals surface area (Å²) in [6, 6.07) is 6.46. The van der Waals surface area contributed by atoms with Gasteiger partial charge in [-0.2, -0.15) is 0 Å². The van der Waals surface area contributed by atoms with E-state index in [0.717, 1.165) is 22.3 Å². The van der Waals surface area contributed by atoms with Crippen LogP contribution < -0.4 is 0 Å². The van der Waals surface area contributed by atoms with Crippen molar-refractivity contribution in [2.45, 2.75) is 27.2 Å². The summed E-state index contributed by atoms with van der Waals surface area (Å²) in [5, 5.41) is 29.3. The van der Waals surface area contributed by atoms with Crippen LogP contribution in [0.25, 0.3) is 0 Å². The van der Waals surface area contributed by atoms with Gasteiger partial charge in [-0.1, -0.05) is 12.1 Å². The molecule has 3 N–H and O–H groups in total. The molecule has 0 heterocycles. The SMILES string of the molecule is Cc1cc(C)c(O)c(Cc2ccc(O)cc2O)c1C. The highest BCUT2D eigenvalue weighted by atomic mass is 16.3. The van der Waals surface area contributed by atoms with Gasteiger partial charge in [0.1, 0.15) is 17.2 Å². The van der Waals surface area contributed by atoms with E-state index in [1.165, 1.54) is 12.1 Å². The van der Waals surface area contributed by atoms with Crippen LogP contribution in [0.4, 0.5) is 0 Å². The van der Waals surface area contributed by atoms with Crippen LogP contribution in [0.1, 0.15) is 27.8 Å². The summed E-state index contributed by atoms with van der Waals surface area (Å²) in [5.74, 6) is 0.344. The fourth-order valence-electron chi connectivity index (χ4n) is 2.26. The first-order valence-electron chi connectivity index (χ1n) is 6.19. The van der Waals surface area contributed by atoms with E-state index in [2.05, 4.69) is 0 Å². The Morgan fingerprint density at radius 1 is 0.895 bits per heavy atom. The molecule has 2 aromatic rings. The monoisotopic (exact) mass is 258 g/mol. The fraction of sp³-hybridized carbons (Fsp3) is 0.250. The van der Waals surface area contributed by atoms with Crippen LogP contribution in [0.3, 0.4) is 0 Å². The standard InChI is InChI=1S/C16H18O3/c1-9-6-10(2)16(19)14(11(9)3)7-12-4-5-13(17)8-15(12)18/h4-6,8,17-19H,7H2,1-3H3. The lowest BCUT2D eigenvalue weighted by molar-refractivity contribution is 0.445. The highest BCUT2D eigenvalue weighted by molar-refractivity contribution is 5.52. The van der Waals surface area contributed by atoms with Crippen LogP contribution in [0.2, 0.25) is 0 Å². The summed E-state index contributed by atoms with van der Waals surface area (Å²) in [6.07, 6.45) is 0.437. The Balaban J connectivity index is 2.49. The van der Waals surface area contributed by atoms with Gasteiger partial charge in [-0.05, 0) is 49.1 Å². The summed E-state index contributed by atoms with van der Waals surface area (Å²) < 4.78 is 0. The summed E-state index contributed by atoms with van der Waals surface area (Å²) in [5.41, 5.74) is 4.47. The van der Waals surface area contributed by atoms with Crippen LogP contribution in [-0.4, -0.2) is 15.3 Å². The molecule has 0 amide bonds. The van der Waals surface area contributed by atoms with Crippen LogP contribution >= 0.6 is 0 Å². The van der Waals surface area contributed by atoms with E-state index < -0.39 is 0 Å². The lowest BCUT2D eigenvalue weighted by Gasteiger charge is -2.14. The highest BCUT2D eigenvalue weighted by Gasteiger charge is 2.13. The second kappa shape index (κ2) is 4.84. The maximum Gasteiger partial charge on any atom is 0.122 e. The predicted octanol–water partition coefficient (Wildman–Crippen LogP) is 3.32. The van der Waals surface area contributed by atoms with E-state index >= 15 is 0 Å². The molecule has 19 heavy (non-hydrogen) atoms. The Hall–Kier alpha value is -2.16. The molecule has 0 atom stereocenters. The minimum Gasteiger partial charge on any atom is -0.508 e. The number of phenols is 3. The summed E-state index contributed by atoms with van der Waals surface area (Å²) in [7, 11) is 0. The van der Waals surface area contributed by atoms with E-state index in [-0.39, 0.29) is 17.2 Å². The number of benzene rings is 2. The van der Waals surface area contributed by atoms with Crippen molar-refractivity contribution in [2.24, 2.45) is 0 Å². The lowest BCUT2D eigenvalue weighted by atomic mass is 9.93. The molecule has 3 heteroatoms. The third kappa shape index (κ3) is 2.50. The van der Waals surface area contributed by atoms with Crippen molar-refractivity contribution in [3.8, 4) is 17.2 Å². The number of rotatable bonds is 2. The molecule has 0 saturated carbocycles. The van der Waals surface area contributed by atoms with E-state index in [0.29, 0.717) is 12.0 Å². The molecule has 0 fully saturated rings. The van der Waals surface area contributed by atoms with Gasteiger partial charge in [-0.25, -0.2) is 0 Å². The Labute approximate surface area is 112 Å². The van der Waals surface area contributed by atoms with Crippen LogP contribution in [0, 0.1) is 20.8 Å². The topological polar surface area (TPSA) is 60.7 Å². The van der Waals surface area contributed by atoms with Crippen molar-refractivity contribution in [2.75, 3.05) is 0 Å². The number of hydrogen-bond donors (Lipinski definition) is 3. The van der Waals surface area contributed by atoms with Gasteiger partial charge >= 0.3 is 0 Å². The van der Waals surface area contributed by atoms with Gasteiger partial charge in [0, 0.05) is 18.1 Å². The molecule has 0 aromatic heterocycles. The zero-order valence-corrected chi connectivity index (χ0v) is 11.4. The largest absolute Gasteiger partial charge is 0.508 e. The Kier molecular flexibility index (Phi) is 3.38. The molecule has 0 aliphatic carbocycles. The lowest BCUT2D eigenvalue weighted by Crippen LogP contribution is -1.97. The predicted molar refractivity (Wildman–Crippen MR) is 74.9 cm³/mol. The number of hydrogen-bond acceptors (Lipinski definition) is 3. The molecule has 0 aliphatic heterocycles. The van der Waals surface area contributed by atoms with Crippen molar-refractivity contribution in [3.05, 3.63) is 52.1 Å². The van der Waals surface area contributed by atoms with Crippen molar-refractivity contribution >= 4 is 0 Å². The molecule has 100 valence electrons. The van der Waals surface area contributed by atoms with E-state index in [9.17, 15) is 15.3 Å². The molecule has 0 saturated heterocycles. The molecule has 2 aromatic carbocycles. The third-order valence-corrected chi connectivity index (χ3v) is 3.57. The number of aromatic hydroxyl groups is 3. The van der Waals surface area contributed by atoms with Crippen molar-refractivity contribution < 1.29 is 15.3 Å². The van der Waals surface area contributed by atoms with Gasteiger partial charge in [0.05, 0.1) is 0 Å². The smallest absolute Gasteiger partial charge is 0.122 e. The second-order valence-electron chi connectivity index (χ2n) is 4.95. The van der Waals surface area contributed by atoms with E-state index in [1.807, 2.05) is 26.8 Å².